The van der Waals surface area contributed by atoms with Gasteiger partial charge in [-0.3, -0.25) is 19.6 Å². The van der Waals surface area contributed by atoms with Gasteiger partial charge >= 0.3 is 12.0 Å². The average Bonchev–Trinajstić information content (AvgIpc) is 3.28. The van der Waals surface area contributed by atoms with E-state index in [4.69, 9.17) is 0 Å². The summed E-state index contributed by atoms with van der Waals surface area (Å²) in [7, 11) is 0. The lowest BCUT2D eigenvalue weighted by Crippen LogP contribution is -2.66. The maximum atomic E-state index is 13.3. The van der Waals surface area contributed by atoms with Gasteiger partial charge in [-0.2, -0.15) is 0 Å². The van der Waals surface area contributed by atoms with E-state index in [1.807, 2.05) is 26.0 Å². The first-order valence-corrected chi connectivity index (χ1v) is 11.1. The topological polar surface area (TPSA) is 104 Å². The van der Waals surface area contributed by atoms with Gasteiger partial charge < -0.3 is 5.11 Å². The Balaban J connectivity index is 1.91. The van der Waals surface area contributed by atoms with Gasteiger partial charge in [-0.05, 0) is 23.5 Å². The molecule has 3 rings (SSSR count). The zero-order valence-corrected chi connectivity index (χ0v) is 19.3. The normalized spacial score (nSPS) is 17.7. The van der Waals surface area contributed by atoms with Crippen molar-refractivity contribution in [1.29, 1.82) is 0 Å². The summed E-state index contributed by atoms with van der Waals surface area (Å²) in [4.78, 5) is 49.7. The molecule has 0 radical (unpaired) electrons. The molecule has 2 aromatic rings. The molecule has 1 saturated heterocycles. The van der Waals surface area contributed by atoms with Crippen LogP contribution in [-0.4, -0.2) is 54.9 Å². The van der Waals surface area contributed by atoms with Crippen molar-refractivity contribution in [2.75, 3.05) is 6.54 Å². The largest absolute Gasteiger partial charge is 0.479 e. The third-order valence-electron chi connectivity index (χ3n) is 6.06. The molecule has 0 unspecified atom stereocenters. The fourth-order valence-electron chi connectivity index (χ4n) is 4.49. The molecule has 2 aromatic heterocycles. The summed E-state index contributed by atoms with van der Waals surface area (Å²) in [6, 6.07) is 3.12. The minimum atomic E-state index is -1.51. The van der Waals surface area contributed by atoms with Crippen molar-refractivity contribution >= 4 is 29.2 Å². The van der Waals surface area contributed by atoms with Crippen LogP contribution in [0.3, 0.4) is 0 Å². The third-order valence-corrected chi connectivity index (χ3v) is 7.00. The minimum absolute atomic E-state index is 0.00523. The summed E-state index contributed by atoms with van der Waals surface area (Å²) in [5.74, 6) is -1.86. The maximum absolute atomic E-state index is 13.3. The average molecular weight is 445 g/mol. The highest BCUT2D eigenvalue weighted by molar-refractivity contribution is 7.13. The van der Waals surface area contributed by atoms with E-state index >= 15 is 0 Å². The number of thiazole rings is 1. The Kier molecular flexibility index (Phi) is 6.18. The molecule has 1 fully saturated rings. The predicted molar refractivity (Wildman–Crippen MR) is 117 cm³/mol. The molecule has 2 atom stereocenters. The Hall–Kier alpha value is -2.81. The van der Waals surface area contributed by atoms with Crippen LogP contribution in [0.25, 0.3) is 10.6 Å². The number of pyridine rings is 1. The molecule has 9 heteroatoms. The smallest absolute Gasteiger partial charge is 0.330 e. The van der Waals surface area contributed by atoms with E-state index in [0.717, 1.165) is 15.5 Å². The standard InChI is InChI=1S/C22H28N4O4S/c1-6-14(2)22(19(28)29,21(3,4)5)26-12-17(27)25(20(26)30)11-16-13-31-18(24-16)15-8-7-9-23-10-15/h7-10,13-14H,6,11-12H2,1-5H3,(H,28,29)/t14-,22+/m0/s1. The molecule has 166 valence electrons. The number of carboxylic acid groups (broad SMARTS) is 1. The number of aromatic nitrogens is 2. The number of carboxylic acids is 1. The molecule has 1 aliphatic heterocycles. The van der Waals surface area contributed by atoms with Gasteiger partial charge in [0.15, 0.2) is 0 Å². The van der Waals surface area contributed by atoms with Crippen molar-refractivity contribution in [1.82, 2.24) is 19.8 Å². The van der Waals surface area contributed by atoms with Gasteiger partial charge in [-0.15, -0.1) is 11.3 Å². The van der Waals surface area contributed by atoms with Crippen molar-refractivity contribution in [2.24, 2.45) is 11.3 Å². The lowest BCUT2D eigenvalue weighted by atomic mass is 9.64. The number of urea groups is 1. The number of carbonyl (C=O) groups excluding carboxylic acids is 2. The van der Waals surface area contributed by atoms with Gasteiger partial charge in [0.1, 0.15) is 17.1 Å². The van der Waals surface area contributed by atoms with Crippen LogP contribution in [0.5, 0.6) is 0 Å². The Morgan fingerprint density at radius 2 is 2.03 bits per heavy atom. The highest BCUT2D eigenvalue weighted by Crippen LogP contribution is 2.45. The van der Waals surface area contributed by atoms with Crippen LogP contribution in [0.15, 0.2) is 29.9 Å². The molecule has 31 heavy (non-hydrogen) atoms. The van der Waals surface area contributed by atoms with Gasteiger partial charge in [0, 0.05) is 23.3 Å². The minimum Gasteiger partial charge on any atom is -0.479 e. The molecule has 3 amide bonds. The van der Waals surface area contributed by atoms with Gasteiger partial charge in [0.2, 0.25) is 0 Å². The maximum Gasteiger partial charge on any atom is 0.330 e. The molecule has 0 spiro atoms. The van der Waals surface area contributed by atoms with Gasteiger partial charge in [-0.1, -0.05) is 41.0 Å². The second-order valence-electron chi connectivity index (χ2n) is 8.87. The van der Waals surface area contributed by atoms with Crippen LogP contribution in [0.4, 0.5) is 4.79 Å². The Labute approximate surface area is 185 Å². The fraction of sp³-hybridized carbons (Fsp3) is 0.500. The summed E-state index contributed by atoms with van der Waals surface area (Å²) in [5.41, 5.74) is -0.859. The first-order chi connectivity index (χ1) is 14.5. The van der Waals surface area contributed by atoms with Crippen molar-refractivity contribution in [3.05, 3.63) is 35.6 Å². The van der Waals surface area contributed by atoms with Crippen molar-refractivity contribution < 1.29 is 19.5 Å². The van der Waals surface area contributed by atoms with Crippen molar-refractivity contribution in [3.8, 4) is 10.6 Å². The number of hydrogen-bond acceptors (Lipinski definition) is 6. The zero-order valence-electron chi connectivity index (χ0n) is 18.5. The molecule has 0 bridgehead atoms. The number of rotatable bonds is 7. The number of amides is 3. The van der Waals surface area contributed by atoms with Gasteiger partial charge in [0.25, 0.3) is 5.91 Å². The molecular weight excluding hydrogens is 416 g/mol. The quantitative estimate of drug-likeness (QED) is 0.650. The third kappa shape index (κ3) is 3.82. The first-order valence-electron chi connectivity index (χ1n) is 10.2. The lowest BCUT2D eigenvalue weighted by Gasteiger charge is -2.50. The first kappa shape index (κ1) is 22.9. The van der Waals surface area contributed by atoms with E-state index in [1.165, 1.54) is 16.2 Å². The second kappa shape index (κ2) is 8.37. The second-order valence-corrected chi connectivity index (χ2v) is 9.72. The van der Waals surface area contributed by atoms with Crippen molar-refractivity contribution in [2.45, 2.75) is 53.1 Å². The summed E-state index contributed by atoms with van der Waals surface area (Å²) < 4.78 is 0. The molecule has 3 heterocycles. The van der Waals surface area contributed by atoms with E-state index in [9.17, 15) is 19.5 Å². The summed E-state index contributed by atoms with van der Waals surface area (Å²) in [6.07, 6.45) is 3.94. The monoisotopic (exact) mass is 444 g/mol. The summed E-state index contributed by atoms with van der Waals surface area (Å²) in [5, 5.41) is 12.8. The van der Waals surface area contributed by atoms with Crippen LogP contribution in [-0.2, 0) is 16.1 Å². The fourth-order valence-corrected chi connectivity index (χ4v) is 5.29. The molecule has 1 aliphatic rings. The van der Waals surface area contributed by atoms with Crippen LogP contribution >= 0.6 is 11.3 Å². The van der Waals surface area contributed by atoms with Crippen LogP contribution < -0.4 is 0 Å². The number of hydrogen-bond donors (Lipinski definition) is 1. The number of carbonyl (C=O) groups is 3. The number of aliphatic carboxylic acids is 1. The van der Waals surface area contributed by atoms with E-state index in [1.54, 1.807) is 38.5 Å². The van der Waals surface area contributed by atoms with Gasteiger partial charge in [0.05, 0.1) is 12.2 Å². The van der Waals surface area contributed by atoms with Crippen LogP contribution in [0.1, 0.15) is 46.7 Å². The van der Waals surface area contributed by atoms with E-state index in [0.29, 0.717) is 12.1 Å². The van der Waals surface area contributed by atoms with Crippen LogP contribution in [0.2, 0.25) is 0 Å². The number of nitrogens with zero attached hydrogens (tertiary/aromatic N) is 4. The molecule has 8 nitrogen and oxygen atoms in total. The van der Waals surface area contributed by atoms with Gasteiger partial charge in [-0.25, -0.2) is 14.6 Å². The number of imide groups is 1. The molecule has 1 N–H and O–H groups in total. The lowest BCUT2D eigenvalue weighted by molar-refractivity contribution is -0.162. The molecule has 0 aliphatic carbocycles. The van der Waals surface area contributed by atoms with Crippen LogP contribution in [0, 0.1) is 11.3 Å². The molecule has 0 aromatic carbocycles. The highest BCUT2D eigenvalue weighted by Gasteiger charge is 2.61. The van der Waals surface area contributed by atoms with Crippen molar-refractivity contribution in [3.63, 3.8) is 0 Å². The van der Waals surface area contributed by atoms with E-state index < -0.39 is 28.9 Å². The Morgan fingerprint density at radius 3 is 2.58 bits per heavy atom. The Morgan fingerprint density at radius 1 is 1.32 bits per heavy atom. The molecular formula is C22H28N4O4S. The predicted octanol–water partition coefficient (Wildman–Crippen LogP) is 3.88. The SMILES string of the molecule is CC[C@H](C)[C@](C(=O)O)(N1CC(=O)N(Cc2csc(-c3cccnc3)n2)C1=O)C(C)(C)C. The summed E-state index contributed by atoms with van der Waals surface area (Å²) in [6.45, 7) is 8.86. The molecule has 0 saturated carbocycles. The van der Waals surface area contributed by atoms with E-state index in [2.05, 4.69) is 9.97 Å². The van der Waals surface area contributed by atoms with E-state index in [-0.39, 0.29) is 19.0 Å². The summed E-state index contributed by atoms with van der Waals surface area (Å²) >= 11 is 1.40. The Bertz CT molecular complexity index is 985. The highest BCUT2D eigenvalue weighted by atomic mass is 32.1. The zero-order chi connectivity index (χ0) is 23.0.